The SMILES string of the molecule is C[C@H](N)Cc1sc2c(NCc3ccco3)cc(Cl)nc2c1C1CC1.Cl. The van der Waals surface area contributed by atoms with Crippen LogP contribution < -0.4 is 11.1 Å². The van der Waals surface area contributed by atoms with E-state index in [0.717, 1.165) is 23.4 Å². The minimum absolute atomic E-state index is 0. The lowest BCUT2D eigenvalue weighted by atomic mass is 10.1. The Morgan fingerprint density at radius 3 is 2.92 bits per heavy atom. The van der Waals surface area contributed by atoms with Crippen LogP contribution in [0.5, 0.6) is 0 Å². The molecule has 1 saturated carbocycles. The molecule has 134 valence electrons. The van der Waals surface area contributed by atoms with Crippen molar-refractivity contribution in [1.82, 2.24) is 4.98 Å². The number of aromatic nitrogens is 1. The normalized spacial score (nSPS) is 15.2. The summed E-state index contributed by atoms with van der Waals surface area (Å²) in [5, 5.41) is 3.97. The number of anilines is 1. The molecule has 0 spiro atoms. The van der Waals surface area contributed by atoms with E-state index in [2.05, 4.69) is 17.2 Å². The summed E-state index contributed by atoms with van der Waals surface area (Å²) in [6.07, 6.45) is 5.05. The molecule has 3 aromatic rings. The first-order valence-electron chi connectivity index (χ1n) is 8.25. The van der Waals surface area contributed by atoms with Crippen molar-refractivity contribution < 1.29 is 4.42 Å². The Labute approximate surface area is 162 Å². The minimum Gasteiger partial charge on any atom is -0.467 e. The summed E-state index contributed by atoms with van der Waals surface area (Å²) in [6.45, 7) is 2.68. The van der Waals surface area contributed by atoms with E-state index in [-0.39, 0.29) is 18.4 Å². The van der Waals surface area contributed by atoms with Crippen LogP contribution in [0.4, 0.5) is 5.69 Å². The topological polar surface area (TPSA) is 64.1 Å². The van der Waals surface area contributed by atoms with Crippen LogP contribution in [0, 0.1) is 0 Å². The van der Waals surface area contributed by atoms with Crippen LogP contribution in [-0.2, 0) is 13.0 Å². The molecule has 1 aliphatic carbocycles. The number of nitrogens with zero attached hydrogens (tertiary/aromatic N) is 1. The van der Waals surface area contributed by atoms with E-state index >= 15 is 0 Å². The molecule has 3 N–H and O–H groups in total. The number of halogens is 2. The molecule has 3 heterocycles. The lowest BCUT2D eigenvalue weighted by Gasteiger charge is -2.07. The van der Waals surface area contributed by atoms with Crippen molar-refractivity contribution in [2.75, 3.05) is 5.32 Å². The van der Waals surface area contributed by atoms with Crippen molar-refractivity contribution in [3.8, 4) is 0 Å². The van der Waals surface area contributed by atoms with Gasteiger partial charge in [-0.2, -0.15) is 0 Å². The molecule has 4 rings (SSSR count). The maximum Gasteiger partial charge on any atom is 0.131 e. The van der Waals surface area contributed by atoms with Crippen molar-refractivity contribution in [3.63, 3.8) is 0 Å². The molecule has 1 aliphatic rings. The summed E-state index contributed by atoms with van der Waals surface area (Å²) in [6, 6.07) is 5.89. The van der Waals surface area contributed by atoms with E-state index in [9.17, 15) is 0 Å². The molecule has 0 amide bonds. The van der Waals surface area contributed by atoms with Crippen LogP contribution in [0.3, 0.4) is 0 Å². The fraction of sp³-hybridized carbons (Fsp3) is 0.389. The second kappa shape index (κ2) is 7.54. The number of nitrogens with two attached hydrogens (primary N) is 1. The average Bonchev–Trinajstić information content (AvgIpc) is 3.09. The molecule has 25 heavy (non-hydrogen) atoms. The first-order chi connectivity index (χ1) is 11.6. The highest BCUT2D eigenvalue weighted by Crippen LogP contribution is 2.49. The molecular weight excluding hydrogens is 377 g/mol. The quantitative estimate of drug-likeness (QED) is 0.550. The van der Waals surface area contributed by atoms with Gasteiger partial charge in [0.05, 0.1) is 28.7 Å². The van der Waals surface area contributed by atoms with Gasteiger partial charge in [-0.15, -0.1) is 23.7 Å². The second-order valence-electron chi connectivity index (χ2n) is 6.50. The van der Waals surface area contributed by atoms with Gasteiger partial charge in [-0.05, 0) is 49.8 Å². The molecule has 0 bridgehead atoms. The van der Waals surface area contributed by atoms with Gasteiger partial charge in [0, 0.05) is 17.0 Å². The fourth-order valence-electron chi connectivity index (χ4n) is 3.06. The monoisotopic (exact) mass is 397 g/mol. The summed E-state index contributed by atoms with van der Waals surface area (Å²) < 4.78 is 6.57. The average molecular weight is 398 g/mol. The van der Waals surface area contributed by atoms with E-state index < -0.39 is 0 Å². The number of hydrogen-bond donors (Lipinski definition) is 2. The van der Waals surface area contributed by atoms with E-state index in [1.807, 2.05) is 18.2 Å². The van der Waals surface area contributed by atoms with Gasteiger partial charge >= 0.3 is 0 Å². The predicted molar refractivity (Wildman–Crippen MR) is 107 cm³/mol. The third-order valence-corrected chi connectivity index (χ3v) is 5.69. The number of furan rings is 1. The summed E-state index contributed by atoms with van der Waals surface area (Å²) in [5.41, 5.74) is 9.50. The lowest BCUT2D eigenvalue weighted by Crippen LogP contribution is -2.17. The highest BCUT2D eigenvalue weighted by Gasteiger charge is 2.31. The van der Waals surface area contributed by atoms with E-state index in [0.29, 0.717) is 17.6 Å². The van der Waals surface area contributed by atoms with E-state index in [1.165, 1.54) is 28.0 Å². The number of fused-ring (bicyclic) bond motifs is 1. The maximum absolute atomic E-state index is 6.30. The van der Waals surface area contributed by atoms with Crippen LogP contribution in [-0.4, -0.2) is 11.0 Å². The van der Waals surface area contributed by atoms with Gasteiger partial charge in [-0.25, -0.2) is 4.98 Å². The number of rotatable bonds is 6. The van der Waals surface area contributed by atoms with Crippen LogP contribution in [0.2, 0.25) is 5.15 Å². The van der Waals surface area contributed by atoms with Crippen LogP contribution in [0.1, 0.15) is 41.9 Å². The van der Waals surface area contributed by atoms with Crippen LogP contribution in [0.25, 0.3) is 10.2 Å². The second-order valence-corrected chi connectivity index (χ2v) is 7.99. The predicted octanol–water partition coefficient (Wildman–Crippen LogP) is 5.34. The molecule has 1 fully saturated rings. The number of nitrogens with one attached hydrogen (secondary N) is 1. The lowest BCUT2D eigenvalue weighted by molar-refractivity contribution is 0.518. The van der Waals surface area contributed by atoms with Gasteiger partial charge in [0.2, 0.25) is 0 Å². The van der Waals surface area contributed by atoms with Gasteiger partial charge in [0.25, 0.3) is 0 Å². The molecule has 0 aromatic carbocycles. The van der Waals surface area contributed by atoms with Gasteiger partial charge in [-0.1, -0.05) is 11.6 Å². The minimum atomic E-state index is 0. The molecular formula is C18H21Cl2N3OS. The number of hydrogen-bond acceptors (Lipinski definition) is 5. The molecule has 0 saturated heterocycles. The standard InChI is InChI=1S/C18H20ClN3OS.ClH/c1-10(20)7-14-16(11-4-5-11)17-18(24-14)13(8-15(19)22-17)21-9-12-3-2-6-23-12;/h2-3,6,8,10-11H,4-5,7,9,20H2,1H3,(H,21,22);1H/t10-;/m0./s1. The Kier molecular flexibility index (Phi) is 5.58. The molecule has 0 aliphatic heterocycles. The van der Waals surface area contributed by atoms with Gasteiger partial charge in [0.1, 0.15) is 10.9 Å². The zero-order valence-corrected chi connectivity index (χ0v) is 16.3. The van der Waals surface area contributed by atoms with Crippen molar-refractivity contribution in [2.45, 2.75) is 44.7 Å². The molecule has 4 nitrogen and oxygen atoms in total. The fourth-order valence-corrected chi connectivity index (χ4v) is 4.71. The Morgan fingerprint density at radius 1 is 1.48 bits per heavy atom. The molecule has 0 unspecified atom stereocenters. The highest BCUT2D eigenvalue weighted by atomic mass is 35.5. The third kappa shape index (κ3) is 3.95. The van der Waals surface area contributed by atoms with Gasteiger partial charge in [0.15, 0.2) is 0 Å². The zero-order chi connectivity index (χ0) is 16.7. The van der Waals surface area contributed by atoms with E-state index in [1.54, 1.807) is 17.6 Å². The molecule has 3 aromatic heterocycles. The summed E-state index contributed by atoms with van der Waals surface area (Å²) in [4.78, 5) is 6.00. The van der Waals surface area contributed by atoms with Crippen molar-refractivity contribution in [3.05, 3.63) is 45.8 Å². The summed E-state index contributed by atoms with van der Waals surface area (Å²) in [5.74, 6) is 1.52. The van der Waals surface area contributed by atoms with Gasteiger partial charge in [-0.3, -0.25) is 0 Å². The zero-order valence-electron chi connectivity index (χ0n) is 13.9. The largest absolute Gasteiger partial charge is 0.467 e. The molecule has 1 atom stereocenters. The summed E-state index contributed by atoms with van der Waals surface area (Å²) in [7, 11) is 0. The van der Waals surface area contributed by atoms with Crippen LogP contribution in [0.15, 0.2) is 28.9 Å². The van der Waals surface area contributed by atoms with Crippen LogP contribution >= 0.6 is 35.3 Å². The van der Waals surface area contributed by atoms with Gasteiger partial charge < -0.3 is 15.5 Å². The van der Waals surface area contributed by atoms with Crippen molar-refractivity contribution >= 4 is 51.2 Å². The summed E-state index contributed by atoms with van der Waals surface area (Å²) >= 11 is 8.10. The first-order valence-corrected chi connectivity index (χ1v) is 9.45. The Morgan fingerprint density at radius 2 is 2.28 bits per heavy atom. The first kappa shape index (κ1) is 18.5. The third-order valence-electron chi connectivity index (χ3n) is 4.25. The Bertz CT molecular complexity index is 857. The maximum atomic E-state index is 6.30. The van der Waals surface area contributed by atoms with E-state index in [4.69, 9.17) is 21.8 Å². The Hall–Kier alpha value is -1.27. The molecule has 7 heteroatoms. The number of pyridine rings is 1. The Balaban J connectivity index is 0.00000182. The highest BCUT2D eigenvalue weighted by molar-refractivity contribution is 7.19. The van der Waals surface area contributed by atoms with Crippen molar-refractivity contribution in [2.24, 2.45) is 5.73 Å². The smallest absolute Gasteiger partial charge is 0.131 e. The molecule has 0 radical (unpaired) electrons. The number of thiophene rings is 1. The van der Waals surface area contributed by atoms with Crippen molar-refractivity contribution in [1.29, 1.82) is 0 Å².